The summed E-state index contributed by atoms with van der Waals surface area (Å²) < 4.78 is 0. The molecule has 0 atom stereocenters. The summed E-state index contributed by atoms with van der Waals surface area (Å²) in [5, 5.41) is 8.65. The van der Waals surface area contributed by atoms with Crippen molar-refractivity contribution >= 4 is 6.29 Å². The highest BCUT2D eigenvalue weighted by atomic mass is 16.3. The van der Waals surface area contributed by atoms with Gasteiger partial charge in [0.15, 0.2) is 6.29 Å². The molecule has 0 fully saturated rings. The van der Waals surface area contributed by atoms with E-state index in [0.717, 1.165) is 0 Å². The first-order valence-electron chi connectivity index (χ1n) is 3.38. The second kappa shape index (κ2) is 4.27. The Morgan fingerprint density at radius 3 is 2.92 bits per heavy atom. The third kappa shape index (κ3) is 2.19. The summed E-state index contributed by atoms with van der Waals surface area (Å²) in [5.41, 5.74) is 1.26. The van der Waals surface area contributed by atoms with Crippen molar-refractivity contribution in [2.75, 3.05) is 0 Å². The summed E-state index contributed by atoms with van der Waals surface area (Å²) in [5.74, 6) is 4.85. The first kappa shape index (κ1) is 8.44. The molecular formula is C9H7NO2. The maximum atomic E-state index is 9.87. The van der Waals surface area contributed by atoms with Crippen LogP contribution in [0.15, 0.2) is 18.3 Å². The molecule has 0 saturated carbocycles. The molecule has 0 saturated heterocycles. The minimum absolute atomic E-state index is 0.0820. The van der Waals surface area contributed by atoms with E-state index in [-0.39, 0.29) is 6.61 Å². The number of aliphatic hydroxyl groups is 1. The molecule has 1 aromatic heterocycles. The average Bonchev–Trinajstić information content (AvgIpc) is 2.15. The van der Waals surface area contributed by atoms with Crippen molar-refractivity contribution in [3.8, 4) is 11.8 Å². The largest absolute Gasteiger partial charge is 0.390 e. The van der Waals surface area contributed by atoms with Gasteiger partial charge in [0, 0.05) is 11.8 Å². The topological polar surface area (TPSA) is 50.2 Å². The molecule has 60 valence electrons. The zero-order valence-electron chi connectivity index (χ0n) is 6.32. The molecule has 0 aliphatic heterocycles. The van der Waals surface area contributed by atoms with Crippen molar-refractivity contribution in [3.63, 3.8) is 0 Å². The Balaban J connectivity index is 2.84. The Morgan fingerprint density at radius 1 is 1.58 bits per heavy atom. The molecule has 1 aromatic rings. The fourth-order valence-electron chi connectivity index (χ4n) is 0.705. The van der Waals surface area contributed by atoms with Crippen LogP contribution in [0.5, 0.6) is 0 Å². The van der Waals surface area contributed by atoms with Gasteiger partial charge in [-0.25, -0.2) is 0 Å². The maximum Gasteiger partial charge on any atom is 0.193 e. The molecule has 12 heavy (non-hydrogen) atoms. The number of carbonyl (C=O) groups excluding carboxylic acids is 1. The van der Waals surface area contributed by atoms with E-state index in [0.29, 0.717) is 17.5 Å². The van der Waals surface area contributed by atoms with Gasteiger partial charge < -0.3 is 5.11 Å². The Morgan fingerprint density at radius 2 is 2.42 bits per heavy atom. The normalized spacial score (nSPS) is 8.42. The summed E-state index contributed by atoms with van der Waals surface area (Å²) in [6, 6.07) is 3.36. The molecule has 1 rings (SSSR count). The van der Waals surface area contributed by atoms with E-state index >= 15 is 0 Å². The molecule has 0 aromatic carbocycles. The van der Waals surface area contributed by atoms with Crippen molar-refractivity contribution in [2.24, 2.45) is 0 Å². The summed E-state index contributed by atoms with van der Waals surface area (Å²) in [6.07, 6.45) is 2.04. The molecule has 0 amide bonds. The number of hydrogen-bond acceptors (Lipinski definition) is 3. The highest BCUT2D eigenvalue weighted by Crippen LogP contribution is 1.97. The summed E-state index contributed by atoms with van der Waals surface area (Å²) in [6.45, 7) is -0.0820. The van der Waals surface area contributed by atoms with Crippen LogP contribution >= 0.6 is 0 Å². The van der Waals surface area contributed by atoms with Crippen molar-refractivity contribution < 1.29 is 9.90 Å². The third-order valence-corrected chi connectivity index (χ3v) is 1.26. The number of nitrogens with zero attached hydrogens (tertiary/aromatic N) is 1. The van der Waals surface area contributed by atoms with Crippen LogP contribution in [0.1, 0.15) is 11.3 Å². The summed E-state index contributed by atoms with van der Waals surface area (Å²) >= 11 is 0. The molecule has 1 heterocycles. The first-order valence-corrected chi connectivity index (χ1v) is 3.38. The van der Waals surface area contributed by atoms with Gasteiger partial charge in [0.05, 0.1) is 12.3 Å². The number of aliphatic hydroxyl groups excluding tert-OH is 1. The number of rotatable bonds is 1. The molecule has 0 unspecified atom stereocenters. The lowest BCUT2D eigenvalue weighted by molar-refractivity contribution is -0.103. The van der Waals surface area contributed by atoms with Gasteiger partial charge in [-0.3, -0.25) is 9.78 Å². The predicted octanol–water partition coefficient (Wildman–Crippen LogP) is 0.124. The zero-order chi connectivity index (χ0) is 8.81. The lowest BCUT2D eigenvalue weighted by Crippen LogP contribution is -1.88. The Kier molecular flexibility index (Phi) is 3.00. The molecular weight excluding hydrogens is 154 g/mol. The predicted molar refractivity (Wildman–Crippen MR) is 43.1 cm³/mol. The minimum Gasteiger partial charge on any atom is -0.390 e. The lowest BCUT2D eigenvalue weighted by Gasteiger charge is -1.92. The Labute approximate surface area is 70.1 Å². The molecule has 3 heteroatoms. The van der Waals surface area contributed by atoms with Crippen LogP contribution in [0.4, 0.5) is 0 Å². The van der Waals surface area contributed by atoms with Gasteiger partial charge in [0.2, 0.25) is 0 Å². The molecule has 0 radical (unpaired) electrons. The van der Waals surface area contributed by atoms with Gasteiger partial charge in [-0.05, 0) is 18.1 Å². The van der Waals surface area contributed by atoms with Crippen LogP contribution in [0, 0.1) is 11.8 Å². The number of carbonyl (C=O) groups is 1. The highest BCUT2D eigenvalue weighted by molar-refractivity contribution is 5.73. The van der Waals surface area contributed by atoms with Gasteiger partial charge in [0.1, 0.15) is 0 Å². The lowest BCUT2D eigenvalue weighted by atomic mass is 10.2. The fraction of sp³-hybridized carbons (Fsp3) is 0.111. The molecule has 0 aliphatic carbocycles. The monoisotopic (exact) mass is 161 g/mol. The second-order valence-electron chi connectivity index (χ2n) is 2.08. The standard InChI is InChI=1S/C9H7NO2/c11-5-1-2-8-3-4-9(7-12)10-6-8/h3-6,12H,7H2. The van der Waals surface area contributed by atoms with Gasteiger partial charge in [-0.15, -0.1) is 0 Å². The minimum atomic E-state index is -0.0820. The average molecular weight is 161 g/mol. The van der Waals surface area contributed by atoms with Crippen LogP contribution in [0.25, 0.3) is 0 Å². The molecule has 0 bridgehead atoms. The SMILES string of the molecule is O=CC#Cc1ccc(CO)nc1. The smallest absolute Gasteiger partial charge is 0.193 e. The summed E-state index contributed by atoms with van der Waals surface area (Å²) in [4.78, 5) is 13.7. The van der Waals surface area contributed by atoms with E-state index in [1.807, 2.05) is 0 Å². The van der Waals surface area contributed by atoms with E-state index < -0.39 is 0 Å². The van der Waals surface area contributed by atoms with Crippen LogP contribution in [-0.2, 0) is 11.4 Å². The second-order valence-corrected chi connectivity index (χ2v) is 2.08. The Bertz CT molecular complexity index is 319. The molecule has 1 N–H and O–H groups in total. The number of aldehydes is 1. The number of aromatic nitrogens is 1. The third-order valence-electron chi connectivity index (χ3n) is 1.26. The van der Waals surface area contributed by atoms with Crippen molar-refractivity contribution in [3.05, 3.63) is 29.6 Å². The van der Waals surface area contributed by atoms with Crippen molar-refractivity contribution in [1.29, 1.82) is 0 Å². The maximum absolute atomic E-state index is 9.87. The number of hydrogen-bond donors (Lipinski definition) is 1. The number of pyridine rings is 1. The van der Waals surface area contributed by atoms with E-state index in [9.17, 15) is 4.79 Å². The van der Waals surface area contributed by atoms with Gasteiger partial charge in [-0.2, -0.15) is 0 Å². The van der Waals surface area contributed by atoms with Gasteiger partial charge in [-0.1, -0.05) is 5.92 Å². The summed E-state index contributed by atoms with van der Waals surface area (Å²) in [7, 11) is 0. The van der Waals surface area contributed by atoms with Crippen molar-refractivity contribution in [1.82, 2.24) is 4.98 Å². The van der Waals surface area contributed by atoms with Crippen LogP contribution < -0.4 is 0 Å². The van der Waals surface area contributed by atoms with Crippen LogP contribution in [0.3, 0.4) is 0 Å². The Hall–Kier alpha value is -1.66. The molecule has 0 aliphatic rings. The zero-order valence-corrected chi connectivity index (χ0v) is 6.32. The van der Waals surface area contributed by atoms with Crippen molar-refractivity contribution in [2.45, 2.75) is 6.61 Å². The van der Waals surface area contributed by atoms with E-state index in [4.69, 9.17) is 5.11 Å². The molecule has 3 nitrogen and oxygen atoms in total. The van der Waals surface area contributed by atoms with Crippen LogP contribution in [-0.4, -0.2) is 16.4 Å². The van der Waals surface area contributed by atoms with Crippen LogP contribution in [0.2, 0.25) is 0 Å². The first-order chi connectivity index (χ1) is 5.86. The van der Waals surface area contributed by atoms with E-state index in [1.165, 1.54) is 6.20 Å². The van der Waals surface area contributed by atoms with E-state index in [1.54, 1.807) is 12.1 Å². The van der Waals surface area contributed by atoms with Gasteiger partial charge in [0.25, 0.3) is 0 Å². The quantitative estimate of drug-likeness (QED) is 0.470. The molecule has 0 spiro atoms. The van der Waals surface area contributed by atoms with Gasteiger partial charge >= 0.3 is 0 Å². The highest BCUT2D eigenvalue weighted by Gasteiger charge is 1.90. The fourth-order valence-corrected chi connectivity index (χ4v) is 0.705. The van der Waals surface area contributed by atoms with E-state index in [2.05, 4.69) is 16.8 Å².